The number of aromatic nitrogens is 3. The van der Waals surface area contributed by atoms with E-state index in [0.717, 1.165) is 36.2 Å². The van der Waals surface area contributed by atoms with Gasteiger partial charge in [0.15, 0.2) is 0 Å². The van der Waals surface area contributed by atoms with Gasteiger partial charge in [0.25, 0.3) is 5.56 Å². The zero-order chi connectivity index (χ0) is 21.9. The molecule has 5 rings (SSSR count). The summed E-state index contributed by atoms with van der Waals surface area (Å²) in [7, 11) is 0. The molecule has 0 radical (unpaired) electrons. The summed E-state index contributed by atoms with van der Waals surface area (Å²) >= 11 is 1.41. The van der Waals surface area contributed by atoms with Crippen molar-refractivity contribution in [2.45, 2.75) is 19.4 Å². The first-order chi connectivity index (χ1) is 15.7. The predicted octanol–water partition coefficient (Wildman–Crippen LogP) is 3.58. The van der Waals surface area contributed by atoms with E-state index in [1.807, 2.05) is 58.8 Å². The highest BCUT2D eigenvalue weighted by Crippen LogP contribution is 2.32. The van der Waals surface area contributed by atoms with E-state index < -0.39 is 0 Å². The Morgan fingerprint density at radius 2 is 2.03 bits per heavy atom. The van der Waals surface area contributed by atoms with Crippen LogP contribution in [0.1, 0.15) is 18.5 Å². The van der Waals surface area contributed by atoms with Crippen molar-refractivity contribution in [2.24, 2.45) is 5.92 Å². The van der Waals surface area contributed by atoms with Crippen molar-refractivity contribution >= 4 is 33.4 Å². The Bertz CT molecular complexity index is 1290. The maximum Gasteiger partial charge on any atom is 0.270 e. The fraction of sp³-hybridized carbons (Fsp3) is 0.250. The van der Waals surface area contributed by atoms with E-state index in [1.165, 1.54) is 11.3 Å². The number of pyridine rings is 1. The summed E-state index contributed by atoms with van der Waals surface area (Å²) in [5.74, 6) is 0.370. The molecule has 32 heavy (non-hydrogen) atoms. The van der Waals surface area contributed by atoms with Crippen molar-refractivity contribution in [3.63, 3.8) is 0 Å². The van der Waals surface area contributed by atoms with Crippen LogP contribution in [-0.2, 0) is 11.3 Å². The van der Waals surface area contributed by atoms with Gasteiger partial charge in [0, 0.05) is 30.2 Å². The number of carbonyl (C=O) groups excluding carboxylic acids is 1. The molecule has 4 heterocycles. The smallest absolute Gasteiger partial charge is 0.270 e. The maximum atomic E-state index is 12.8. The fourth-order valence-corrected chi connectivity index (χ4v) is 5.01. The van der Waals surface area contributed by atoms with Crippen LogP contribution in [0.4, 0.5) is 5.95 Å². The molecule has 7 nitrogen and oxygen atoms in total. The second-order valence-corrected chi connectivity index (χ2v) is 8.79. The third-order valence-electron chi connectivity index (χ3n) is 5.76. The number of nitrogens with one attached hydrogen (secondary N) is 2. The summed E-state index contributed by atoms with van der Waals surface area (Å²) in [5.41, 5.74) is 3.39. The Balaban J connectivity index is 1.36. The predicted molar refractivity (Wildman–Crippen MR) is 127 cm³/mol. The van der Waals surface area contributed by atoms with Crippen LogP contribution in [0.3, 0.4) is 0 Å². The van der Waals surface area contributed by atoms with Crippen molar-refractivity contribution < 1.29 is 4.79 Å². The molecular weight excluding hydrogens is 422 g/mol. The van der Waals surface area contributed by atoms with Gasteiger partial charge in [-0.05, 0) is 30.5 Å². The molecule has 162 valence electrons. The van der Waals surface area contributed by atoms with Crippen molar-refractivity contribution in [3.05, 3.63) is 76.2 Å². The fourth-order valence-electron chi connectivity index (χ4n) is 4.10. The van der Waals surface area contributed by atoms with E-state index in [-0.39, 0.29) is 17.4 Å². The van der Waals surface area contributed by atoms with Gasteiger partial charge in [-0.3, -0.25) is 19.6 Å². The summed E-state index contributed by atoms with van der Waals surface area (Å²) in [5, 5.41) is 4.97. The third-order valence-corrected chi connectivity index (χ3v) is 6.73. The molecule has 0 bridgehead atoms. The second-order valence-electron chi connectivity index (χ2n) is 7.91. The molecule has 8 heteroatoms. The van der Waals surface area contributed by atoms with Crippen LogP contribution >= 0.6 is 11.3 Å². The lowest BCUT2D eigenvalue weighted by atomic mass is 9.97. The number of hydrogen-bond acceptors (Lipinski definition) is 6. The number of benzene rings is 1. The highest BCUT2D eigenvalue weighted by atomic mass is 32.1. The maximum absolute atomic E-state index is 12.8. The average Bonchev–Trinajstić information content (AvgIpc) is 3.28. The molecule has 1 amide bonds. The van der Waals surface area contributed by atoms with Crippen LogP contribution in [-0.4, -0.2) is 33.9 Å². The summed E-state index contributed by atoms with van der Waals surface area (Å²) in [6, 6.07) is 15.6. The number of H-pyrrole nitrogens is 1. The molecule has 0 spiro atoms. The minimum Gasteiger partial charge on any atom is -0.350 e. The molecule has 3 aromatic heterocycles. The highest BCUT2D eigenvalue weighted by Gasteiger charge is 2.27. The third kappa shape index (κ3) is 4.13. The molecular formula is C24H23N5O2S. The molecule has 1 aliphatic rings. The Labute approximate surface area is 189 Å². The van der Waals surface area contributed by atoms with Crippen LogP contribution in [0, 0.1) is 5.92 Å². The number of nitrogens with zero attached hydrogens (tertiary/aromatic N) is 3. The lowest BCUT2D eigenvalue weighted by Crippen LogP contribution is -2.44. The van der Waals surface area contributed by atoms with Crippen LogP contribution in [0.15, 0.2) is 64.9 Å². The molecule has 1 aliphatic heterocycles. The molecule has 2 N–H and O–H groups in total. The van der Waals surface area contributed by atoms with Gasteiger partial charge in [0.05, 0.1) is 23.7 Å². The van der Waals surface area contributed by atoms with Crippen molar-refractivity contribution in [1.29, 1.82) is 0 Å². The Morgan fingerprint density at radius 3 is 2.84 bits per heavy atom. The second kappa shape index (κ2) is 8.92. The summed E-state index contributed by atoms with van der Waals surface area (Å²) in [4.78, 5) is 39.6. The number of thiophene rings is 1. The van der Waals surface area contributed by atoms with Crippen molar-refractivity contribution in [2.75, 3.05) is 18.0 Å². The zero-order valence-electron chi connectivity index (χ0n) is 17.5. The van der Waals surface area contributed by atoms with E-state index in [1.54, 1.807) is 6.20 Å². The van der Waals surface area contributed by atoms with E-state index in [2.05, 4.69) is 15.3 Å². The van der Waals surface area contributed by atoms with Gasteiger partial charge in [0.2, 0.25) is 11.9 Å². The molecule has 1 saturated heterocycles. The first-order valence-electron chi connectivity index (χ1n) is 10.7. The standard InChI is InChI=1S/C24H23N5O2S/c30-22(26-13-18-10-4-5-11-25-18)17-9-6-12-29(14-17)24-27-20-19(16-7-2-1-3-8-16)15-32-21(20)23(31)28-24/h1-5,7-8,10-11,15,17H,6,9,12-14H2,(H,26,30)(H,27,28,31)/t17-/m1/s1. The molecule has 1 atom stereocenters. The van der Waals surface area contributed by atoms with Crippen molar-refractivity contribution in [1.82, 2.24) is 20.3 Å². The van der Waals surface area contributed by atoms with E-state index in [0.29, 0.717) is 29.3 Å². The van der Waals surface area contributed by atoms with Gasteiger partial charge >= 0.3 is 0 Å². The minimum absolute atomic E-state index is 0.00397. The number of rotatable bonds is 5. The average molecular weight is 446 g/mol. The quantitative estimate of drug-likeness (QED) is 0.490. The number of carbonyl (C=O) groups is 1. The Hall–Kier alpha value is -3.52. The van der Waals surface area contributed by atoms with Crippen LogP contribution in [0.2, 0.25) is 0 Å². The summed E-state index contributed by atoms with van der Waals surface area (Å²) in [6.07, 6.45) is 3.39. The number of anilines is 1. The lowest BCUT2D eigenvalue weighted by molar-refractivity contribution is -0.125. The number of piperidine rings is 1. The lowest BCUT2D eigenvalue weighted by Gasteiger charge is -2.32. The van der Waals surface area contributed by atoms with Crippen LogP contribution in [0.5, 0.6) is 0 Å². The van der Waals surface area contributed by atoms with Gasteiger partial charge in [-0.1, -0.05) is 36.4 Å². The van der Waals surface area contributed by atoms with E-state index in [4.69, 9.17) is 4.98 Å². The molecule has 1 fully saturated rings. The summed E-state index contributed by atoms with van der Waals surface area (Å²) < 4.78 is 0.620. The Kier molecular flexibility index (Phi) is 5.68. The molecule has 0 unspecified atom stereocenters. The molecule has 0 saturated carbocycles. The summed E-state index contributed by atoms with van der Waals surface area (Å²) in [6.45, 7) is 1.68. The number of amides is 1. The topological polar surface area (TPSA) is 91.0 Å². The normalized spacial score (nSPS) is 16.2. The van der Waals surface area contributed by atoms with Gasteiger partial charge in [-0.15, -0.1) is 11.3 Å². The zero-order valence-corrected chi connectivity index (χ0v) is 18.3. The number of hydrogen-bond donors (Lipinski definition) is 2. The SMILES string of the molecule is O=C(NCc1ccccn1)[C@@H]1CCCN(c2nc3c(-c4ccccc4)csc3c(=O)[nH]2)C1. The minimum atomic E-state index is -0.162. The van der Waals surface area contributed by atoms with Crippen molar-refractivity contribution in [3.8, 4) is 11.1 Å². The highest BCUT2D eigenvalue weighted by molar-refractivity contribution is 7.17. The largest absolute Gasteiger partial charge is 0.350 e. The van der Waals surface area contributed by atoms with Gasteiger partial charge in [-0.2, -0.15) is 0 Å². The van der Waals surface area contributed by atoms with E-state index >= 15 is 0 Å². The molecule has 4 aromatic rings. The monoisotopic (exact) mass is 445 g/mol. The first-order valence-corrected chi connectivity index (χ1v) is 11.6. The van der Waals surface area contributed by atoms with Gasteiger partial charge < -0.3 is 10.2 Å². The first kappa shape index (κ1) is 20.4. The van der Waals surface area contributed by atoms with Crippen LogP contribution < -0.4 is 15.8 Å². The molecule has 1 aromatic carbocycles. The van der Waals surface area contributed by atoms with E-state index in [9.17, 15) is 9.59 Å². The van der Waals surface area contributed by atoms with Gasteiger partial charge in [-0.25, -0.2) is 4.98 Å². The number of fused-ring (bicyclic) bond motifs is 1. The number of aromatic amines is 1. The van der Waals surface area contributed by atoms with Crippen LogP contribution in [0.25, 0.3) is 21.3 Å². The Morgan fingerprint density at radius 1 is 1.19 bits per heavy atom. The van der Waals surface area contributed by atoms with Gasteiger partial charge in [0.1, 0.15) is 4.70 Å². The molecule has 0 aliphatic carbocycles.